The molecule has 0 aliphatic heterocycles. The Kier molecular flexibility index (Phi) is 3.72. The molecule has 7 nitrogen and oxygen atoms in total. The van der Waals surface area contributed by atoms with Gasteiger partial charge in [0.2, 0.25) is 0 Å². The minimum absolute atomic E-state index is 0.179. The molecule has 0 bridgehead atoms. The summed E-state index contributed by atoms with van der Waals surface area (Å²) in [7, 11) is 0. The van der Waals surface area contributed by atoms with E-state index in [4.69, 9.17) is 9.63 Å². The summed E-state index contributed by atoms with van der Waals surface area (Å²) in [6.07, 6.45) is 0. The van der Waals surface area contributed by atoms with E-state index >= 15 is 0 Å². The van der Waals surface area contributed by atoms with Crippen LogP contribution >= 0.6 is 0 Å². The number of carboxylic acids is 1. The number of carbonyl (C=O) groups excluding carboxylic acids is 1. The summed E-state index contributed by atoms with van der Waals surface area (Å²) in [5.41, 5.74) is -0.741. The van der Waals surface area contributed by atoms with Crippen molar-refractivity contribution in [2.75, 3.05) is 0 Å². The Balaban J connectivity index is 2.43. The fourth-order valence-corrected chi connectivity index (χ4v) is 1.05. The van der Waals surface area contributed by atoms with Crippen LogP contribution in [0.15, 0.2) is 10.6 Å². The Morgan fingerprint density at radius 1 is 1.53 bits per heavy atom. The smallest absolute Gasteiger partial charge is 0.328 e. The largest absolute Gasteiger partial charge is 0.480 e. The van der Waals surface area contributed by atoms with Crippen LogP contribution in [-0.4, -0.2) is 27.8 Å². The molecule has 0 unspecified atom stereocenters. The molecular formula is C10H15N3O4. The number of urea groups is 1. The molecule has 0 aromatic carbocycles. The van der Waals surface area contributed by atoms with E-state index in [1.54, 1.807) is 13.0 Å². The number of carboxylic acid groups (broad SMARTS) is 1. The number of rotatable bonds is 4. The summed E-state index contributed by atoms with van der Waals surface area (Å²) in [5, 5.41) is 17.3. The summed E-state index contributed by atoms with van der Waals surface area (Å²) in [5.74, 6) is -0.460. The Morgan fingerprint density at radius 3 is 2.65 bits per heavy atom. The van der Waals surface area contributed by atoms with Gasteiger partial charge < -0.3 is 20.3 Å². The molecule has 1 aromatic heterocycles. The molecule has 0 saturated heterocycles. The quantitative estimate of drug-likeness (QED) is 0.717. The lowest BCUT2D eigenvalue weighted by molar-refractivity contribution is -0.142. The summed E-state index contributed by atoms with van der Waals surface area (Å²) in [6.45, 7) is 4.72. The number of aryl methyl sites for hydroxylation is 1. The molecule has 0 spiro atoms. The first-order valence-corrected chi connectivity index (χ1v) is 5.03. The third-order valence-electron chi connectivity index (χ3n) is 2.07. The van der Waals surface area contributed by atoms with Crippen LogP contribution in [0.3, 0.4) is 0 Å². The zero-order valence-electron chi connectivity index (χ0n) is 9.90. The van der Waals surface area contributed by atoms with Crippen molar-refractivity contribution in [3.05, 3.63) is 17.5 Å². The molecule has 0 atom stereocenters. The Bertz CT molecular complexity index is 425. The number of aromatic nitrogens is 1. The number of carbonyl (C=O) groups is 2. The minimum atomic E-state index is -1.32. The Hall–Kier alpha value is -2.05. The van der Waals surface area contributed by atoms with Gasteiger partial charge in [0.1, 0.15) is 17.0 Å². The van der Waals surface area contributed by atoms with Gasteiger partial charge in [-0.05, 0) is 20.8 Å². The number of nitrogens with zero attached hydrogens (tertiary/aromatic N) is 1. The molecule has 17 heavy (non-hydrogen) atoms. The molecule has 1 rings (SSSR count). The zero-order chi connectivity index (χ0) is 13.1. The molecule has 7 heteroatoms. The molecule has 0 fully saturated rings. The summed E-state index contributed by atoms with van der Waals surface area (Å²) in [6, 6.07) is 1.11. The van der Waals surface area contributed by atoms with E-state index in [0.717, 1.165) is 0 Å². The maximum absolute atomic E-state index is 11.4. The van der Waals surface area contributed by atoms with E-state index in [-0.39, 0.29) is 6.54 Å². The molecule has 0 aliphatic carbocycles. The van der Waals surface area contributed by atoms with Crippen LogP contribution in [0.5, 0.6) is 0 Å². The first-order valence-electron chi connectivity index (χ1n) is 5.03. The van der Waals surface area contributed by atoms with E-state index < -0.39 is 17.5 Å². The maximum Gasteiger partial charge on any atom is 0.328 e. The van der Waals surface area contributed by atoms with Crippen molar-refractivity contribution in [3.63, 3.8) is 0 Å². The van der Waals surface area contributed by atoms with Crippen molar-refractivity contribution < 1.29 is 19.2 Å². The first kappa shape index (κ1) is 13.0. The number of hydrogen-bond donors (Lipinski definition) is 3. The van der Waals surface area contributed by atoms with Crippen molar-refractivity contribution in [1.82, 2.24) is 15.8 Å². The van der Waals surface area contributed by atoms with Crippen LogP contribution in [0.4, 0.5) is 4.79 Å². The average molecular weight is 241 g/mol. The molecule has 2 amide bonds. The minimum Gasteiger partial charge on any atom is -0.480 e. The second-order valence-electron chi connectivity index (χ2n) is 4.17. The van der Waals surface area contributed by atoms with Gasteiger partial charge in [0.15, 0.2) is 0 Å². The van der Waals surface area contributed by atoms with Crippen LogP contribution in [-0.2, 0) is 11.3 Å². The van der Waals surface area contributed by atoms with Gasteiger partial charge in [-0.1, -0.05) is 5.16 Å². The van der Waals surface area contributed by atoms with E-state index in [1.165, 1.54) is 13.8 Å². The van der Waals surface area contributed by atoms with Gasteiger partial charge in [-0.15, -0.1) is 0 Å². The van der Waals surface area contributed by atoms with E-state index in [0.29, 0.717) is 11.5 Å². The number of amides is 2. The highest BCUT2D eigenvalue weighted by molar-refractivity contribution is 5.85. The lowest BCUT2D eigenvalue weighted by atomic mass is 10.1. The van der Waals surface area contributed by atoms with Gasteiger partial charge in [0.25, 0.3) is 0 Å². The Morgan fingerprint density at radius 2 is 2.18 bits per heavy atom. The van der Waals surface area contributed by atoms with Crippen LogP contribution < -0.4 is 10.6 Å². The van der Waals surface area contributed by atoms with Crippen molar-refractivity contribution in [3.8, 4) is 0 Å². The molecule has 1 heterocycles. The number of nitrogens with one attached hydrogen (secondary N) is 2. The average Bonchev–Trinajstić information content (AvgIpc) is 2.60. The Labute approximate surface area is 98.2 Å². The van der Waals surface area contributed by atoms with Crippen molar-refractivity contribution in [2.45, 2.75) is 32.9 Å². The highest BCUT2D eigenvalue weighted by atomic mass is 16.5. The van der Waals surface area contributed by atoms with Crippen LogP contribution in [0, 0.1) is 6.92 Å². The van der Waals surface area contributed by atoms with Crippen molar-refractivity contribution in [2.24, 2.45) is 0 Å². The van der Waals surface area contributed by atoms with E-state index in [9.17, 15) is 9.59 Å². The molecule has 0 radical (unpaired) electrons. The number of hydrogen-bond acceptors (Lipinski definition) is 4. The summed E-state index contributed by atoms with van der Waals surface area (Å²) in [4.78, 5) is 22.2. The van der Waals surface area contributed by atoms with Gasteiger partial charge >= 0.3 is 12.0 Å². The third-order valence-corrected chi connectivity index (χ3v) is 2.07. The second kappa shape index (κ2) is 4.86. The molecular weight excluding hydrogens is 226 g/mol. The molecule has 0 saturated carbocycles. The zero-order valence-corrected chi connectivity index (χ0v) is 9.90. The SMILES string of the molecule is Cc1cc(CNC(=O)NC(C)(C)C(=O)O)no1. The second-order valence-corrected chi connectivity index (χ2v) is 4.17. The van der Waals surface area contributed by atoms with Gasteiger partial charge in [0, 0.05) is 6.07 Å². The third kappa shape index (κ3) is 3.78. The fraction of sp³-hybridized carbons (Fsp3) is 0.500. The van der Waals surface area contributed by atoms with E-state index in [1.807, 2.05) is 0 Å². The lowest BCUT2D eigenvalue weighted by Gasteiger charge is -2.20. The molecule has 1 aromatic rings. The van der Waals surface area contributed by atoms with Gasteiger partial charge in [-0.25, -0.2) is 9.59 Å². The molecule has 3 N–H and O–H groups in total. The number of aliphatic carboxylic acids is 1. The highest BCUT2D eigenvalue weighted by Crippen LogP contribution is 2.02. The maximum atomic E-state index is 11.4. The summed E-state index contributed by atoms with van der Waals surface area (Å²) < 4.78 is 4.82. The normalized spacial score (nSPS) is 11.0. The highest BCUT2D eigenvalue weighted by Gasteiger charge is 2.28. The van der Waals surface area contributed by atoms with E-state index in [2.05, 4.69) is 15.8 Å². The van der Waals surface area contributed by atoms with Crippen LogP contribution in [0.1, 0.15) is 25.3 Å². The van der Waals surface area contributed by atoms with Gasteiger partial charge in [-0.2, -0.15) is 0 Å². The van der Waals surface area contributed by atoms with Crippen LogP contribution in [0.25, 0.3) is 0 Å². The predicted molar refractivity (Wildman–Crippen MR) is 58.3 cm³/mol. The lowest BCUT2D eigenvalue weighted by Crippen LogP contribution is -2.53. The fourth-order valence-electron chi connectivity index (χ4n) is 1.05. The molecule has 0 aliphatic rings. The first-order chi connectivity index (χ1) is 7.81. The van der Waals surface area contributed by atoms with Crippen molar-refractivity contribution in [1.29, 1.82) is 0 Å². The topological polar surface area (TPSA) is 104 Å². The van der Waals surface area contributed by atoms with Gasteiger partial charge in [0.05, 0.1) is 6.54 Å². The standard InChI is InChI=1S/C10H15N3O4/c1-6-4-7(13-17-6)5-11-9(16)12-10(2,3)8(14)15/h4H,5H2,1-3H3,(H,14,15)(H2,11,12,16). The van der Waals surface area contributed by atoms with Crippen LogP contribution in [0.2, 0.25) is 0 Å². The van der Waals surface area contributed by atoms with Gasteiger partial charge in [-0.3, -0.25) is 0 Å². The summed E-state index contributed by atoms with van der Waals surface area (Å²) >= 11 is 0. The monoisotopic (exact) mass is 241 g/mol. The molecule has 94 valence electrons. The van der Waals surface area contributed by atoms with Crippen molar-refractivity contribution >= 4 is 12.0 Å². The predicted octanol–water partition coefficient (Wildman–Crippen LogP) is 0.645.